The van der Waals surface area contributed by atoms with Gasteiger partial charge in [0.15, 0.2) is 0 Å². The molecule has 0 aliphatic heterocycles. The second-order valence-corrected chi connectivity index (χ2v) is 2.05. The van der Waals surface area contributed by atoms with Gasteiger partial charge in [-0.1, -0.05) is 46.4 Å². The molecule has 0 atom stereocenters. The average molecular weight is 195 g/mol. The molecule has 0 amide bonds. The van der Waals surface area contributed by atoms with Gasteiger partial charge in [-0.3, -0.25) is 0 Å². The predicted octanol–water partition coefficient (Wildman–Crippen LogP) is 4.99. The number of hydrogen-bond acceptors (Lipinski definition) is 0. The summed E-state index contributed by atoms with van der Waals surface area (Å²) >= 11 is 0. The molecule has 1 aromatic rings. The van der Waals surface area contributed by atoms with Crippen LogP contribution >= 0.6 is 0 Å². The molecule has 0 fully saturated rings. The summed E-state index contributed by atoms with van der Waals surface area (Å²) in [4.78, 5) is 3.10. The number of allylic oxidation sites excluding steroid dienone is 1. The monoisotopic (exact) mass is 195 g/mol. The van der Waals surface area contributed by atoms with Crippen LogP contribution < -0.4 is 0 Å². The average Bonchev–Trinajstić information content (AvgIpc) is 2.72. The van der Waals surface area contributed by atoms with Crippen molar-refractivity contribution >= 4 is 12.2 Å². The van der Waals surface area contributed by atoms with Gasteiger partial charge >= 0.3 is 0 Å². The molecule has 1 N–H and O–H groups in total. The fourth-order valence-electron chi connectivity index (χ4n) is 0.883. The first kappa shape index (κ1) is 15.2. The summed E-state index contributed by atoms with van der Waals surface area (Å²) in [6, 6.07) is 2.00. The molecule has 82 valence electrons. The Morgan fingerprint density at radius 2 is 1.86 bits per heavy atom. The van der Waals surface area contributed by atoms with Crippen molar-refractivity contribution in [3.8, 4) is 0 Å². The van der Waals surface area contributed by atoms with E-state index in [4.69, 9.17) is 0 Å². The lowest BCUT2D eigenvalue weighted by Crippen LogP contribution is -1.72. The summed E-state index contributed by atoms with van der Waals surface area (Å²) in [5.41, 5.74) is 2.27. The molecule has 0 aliphatic rings. The van der Waals surface area contributed by atoms with Crippen LogP contribution in [0.25, 0.3) is 12.2 Å². The zero-order chi connectivity index (χ0) is 11.4. The van der Waals surface area contributed by atoms with Gasteiger partial charge in [-0.05, 0) is 24.6 Å². The summed E-state index contributed by atoms with van der Waals surface area (Å²) in [6.45, 7) is 13.7. The fraction of sp³-hybridized carbons (Fsp3) is 0.385. The summed E-state index contributed by atoms with van der Waals surface area (Å²) in [7, 11) is 0. The van der Waals surface area contributed by atoms with Crippen LogP contribution in [0.2, 0.25) is 0 Å². The van der Waals surface area contributed by atoms with Crippen LogP contribution in [0.4, 0.5) is 0 Å². The topological polar surface area (TPSA) is 15.8 Å². The molecule has 0 bridgehead atoms. The molecule has 1 rings (SSSR count). The van der Waals surface area contributed by atoms with E-state index in [2.05, 4.69) is 11.6 Å². The van der Waals surface area contributed by atoms with E-state index in [1.807, 2.05) is 65.1 Å². The van der Waals surface area contributed by atoms with Gasteiger partial charge in [0, 0.05) is 13.3 Å². The van der Waals surface area contributed by atoms with Crippen LogP contribution in [0.1, 0.15) is 47.3 Å². The third-order valence-corrected chi connectivity index (χ3v) is 1.37. The Morgan fingerprint density at radius 1 is 1.29 bits per heavy atom. The van der Waals surface area contributed by atoms with Gasteiger partial charge < -0.3 is 4.98 Å². The first-order valence-electron chi connectivity index (χ1n) is 5.31. The van der Waals surface area contributed by atoms with Crippen LogP contribution in [-0.2, 0) is 0 Å². The second kappa shape index (κ2) is 11.8. The van der Waals surface area contributed by atoms with Gasteiger partial charge in [0.2, 0.25) is 0 Å². The number of aromatic amines is 1. The van der Waals surface area contributed by atoms with Crippen LogP contribution in [-0.4, -0.2) is 4.98 Å². The van der Waals surface area contributed by atoms with Gasteiger partial charge in [-0.15, -0.1) is 0 Å². The Kier molecular flexibility index (Phi) is 12.8. The van der Waals surface area contributed by atoms with E-state index in [1.165, 1.54) is 0 Å². The highest BCUT2D eigenvalue weighted by atomic mass is 14.7. The zero-order valence-corrected chi connectivity index (χ0v) is 10.1. The Labute approximate surface area is 90.0 Å². The van der Waals surface area contributed by atoms with E-state index in [9.17, 15) is 0 Å². The van der Waals surface area contributed by atoms with E-state index in [-0.39, 0.29) is 1.43 Å². The summed E-state index contributed by atoms with van der Waals surface area (Å²) in [6.07, 6.45) is 7.77. The minimum atomic E-state index is 0. The molecular formula is C13H25N. The molecular weight excluding hydrogens is 170 g/mol. The maximum Gasteiger partial charge on any atom is 0.0450 e. The maximum absolute atomic E-state index is 3.69. The van der Waals surface area contributed by atoms with Crippen LogP contribution in [0.15, 0.2) is 24.9 Å². The fourth-order valence-corrected chi connectivity index (χ4v) is 0.883. The van der Waals surface area contributed by atoms with Crippen molar-refractivity contribution in [2.45, 2.75) is 34.6 Å². The van der Waals surface area contributed by atoms with Crippen molar-refractivity contribution in [1.29, 1.82) is 0 Å². The highest BCUT2D eigenvalue weighted by molar-refractivity contribution is 5.61. The molecule has 1 nitrogen and oxygen atoms in total. The van der Waals surface area contributed by atoms with Crippen molar-refractivity contribution in [3.63, 3.8) is 0 Å². The van der Waals surface area contributed by atoms with Gasteiger partial charge in [0.05, 0.1) is 0 Å². The second-order valence-electron chi connectivity index (χ2n) is 2.05. The zero-order valence-electron chi connectivity index (χ0n) is 10.1. The molecule has 0 saturated heterocycles. The third-order valence-electron chi connectivity index (χ3n) is 1.37. The lowest BCUT2D eigenvalue weighted by Gasteiger charge is -1.88. The number of hydrogen-bond donors (Lipinski definition) is 1. The number of nitrogens with one attached hydrogen (secondary N) is 1. The van der Waals surface area contributed by atoms with Crippen LogP contribution in [0.5, 0.6) is 0 Å². The molecule has 0 unspecified atom stereocenters. The highest BCUT2D eigenvalue weighted by Crippen LogP contribution is 2.08. The first-order valence-corrected chi connectivity index (χ1v) is 5.31. The minimum absolute atomic E-state index is 0. The van der Waals surface area contributed by atoms with Crippen molar-refractivity contribution < 1.29 is 1.43 Å². The van der Waals surface area contributed by atoms with E-state index < -0.39 is 0 Å². The van der Waals surface area contributed by atoms with E-state index >= 15 is 0 Å². The quantitative estimate of drug-likeness (QED) is 0.684. The van der Waals surface area contributed by atoms with Crippen molar-refractivity contribution in [2.24, 2.45) is 0 Å². The normalized spacial score (nSPS) is 8.36. The molecule has 1 aromatic heterocycles. The lowest BCUT2D eigenvalue weighted by molar-refractivity contribution is 1.37. The molecule has 1 heteroatoms. The highest BCUT2D eigenvalue weighted by Gasteiger charge is 1.92. The van der Waals surface area contributed by atoms with Crippen LogP contribution in [0.3, 0.4) is 0 Å². The van der Waals surface area contributed by atoms with Gasteiger partial charge in [0.1, 0.15) is 0 Å². The molecule has 1 heterocycles. The standard InChI is InChI=1S/C9H11N.2C2H6.H2/c1-3-5-9-8(4-2)6-7-10-9;2*1-2;/h3-7,10H,2H2,1H3;2*1-2H3;1H/b5-3-;;;. The Balaban J connectivity index is -0.000000258. The summed E-state index contributed by atoms with van der Waals surface area (Å²) in [5, 5.41) is 0. The number of H-pyrrole nitrogens is 1. The molecule has 0 aromatic carbocycles. The lowest BCUT2D eigenvalue weighted by atomic mass is 10.2. The summed E-state index contributed by atoms with van der Waals surface area (Å²) in [5.74, 6) is 0. The maximum atomic E-state index is 3.69. The van der Waals surface area contributed by atoms with Crippen molar-refractivity contribution in [1.82, 2.24) is 4.98 Å². The Hall–Kier alpha value is -1.24. The molecule has 0 saturated carbocycles. The molecule has 0 aliphatic carbocycles. The molecule has 14 heavy (non-hydrogen) atoms. The molecule has 0 spiro atoms. The third kappa shape index (κ3) is 5.41. The van der Waals surface area contributed by atoms with E-state index in [1.54, 1.807) is 0 Å². The van der Waals surface area contributed by atoms with Crippen molar-refractivity contribution in [3.05, 3.63) is 36.2 Å². The van der Waals surface area contributed by atoms with Crippen molar-refractivity contribution in [2.75, 3.05) is 0 Å². The molecule has 0 radical (unpaired) electrons. The SMILES string of the molecule is C=Cc1cc[nH]c1/C=C\C.CC.CC.[HH]. The largest absolute Gasteiger partial charge is 0.361 e. The Morgan fingerprint density at radius 3 is 2.29 bits per heavy atom. The van der Waals surface area contributed by atoms with Gasteiger partial charge in [0.25, 0.3) is 0 Å². The van der Waals surface area contributed by atoms with E-state index in [0.717, 1.165) is 11.3 Å². The summed E-state index contributed by atoms with van der Waals surface area (Å²) < 4.78 is 0. The Bertz CT molecular complexity index is 249. The number of aromatic nitrogens is 1. The van der Waals surface area contributed by atoms with E-state index in [0.29, 0.717) is 0 Å². The first-order chi connectivity index (χ1) is 6.88. The number of rotatable bonds is 2. The minimum Gasteiger partial charge on any atom is -0.361 e. The smallest absolute Gasteiger partial charge is 0.0450 e. The van der Waals surface area contributed by atoms with Gasteiger partial charge in [-0.2, -0.15) is 0 Å². The van der Waals surface area contributed by atoms with Crippen LogP contribution in [0, 0.1) is 0 Å². The van der Waals surface area contributed by atoms with Gasteiger partial charge in [-0.25, -0.2) is 0 Å². The predicted molar refractivity (Wildman–Crippen MR) is 70.4 cm³/mol.